The van der Waals surface area contributed by atoms with E-state index in [9.17, 15) is 9.18 Å². The average molecular weight is 319 g/mol. The molecule has 1 heterocycles. The Morgan fingerprint density at radius 3 is 2.65 bits per heavy atom. The van der Waals surface area contributed by atoms with E-state index >= 15 is 0 Å². The van der Waals surface area contributed by atoms with Crippen LogP contribution in [0.15, 0.2) is 24.3 Å². The van der Waals surface area contributed by atoms with Gasteiger partial charge in [0.2, 0.25) is 5.91 Å². The number of ether oxygens (including phenoxy) is 1. The molecular formula is C19H26FNO2. The lowest BCUT2D eigenvalue weighted by Gasteiger charge is -2.38. The van der Waals surface area contributed by atoms with Crippen LogP contribution in [0.25, 0.3) is 0 Å². The maximum absolute atomic E-state index is 13.7. The van der Waals surface area contributed by atoms with Gasteiger partial charge in [-0.05, 0) is 43.4 Å². The minimum Gasteiger partial charge on any atom is -0.381 e. The van der Waals surface area contributed by atoms with Gasteiger partial charge < -0.3 is 10.1 Å². The van der Waals surface area contributed by atoms with Crippen LogP contribution in [0.5, 0.6) is 0 Å². The third-order valence-electron chi connectivity index (χ3n) is 5.46. The highest BCUT2D eigenvalue weighted by Crippen LogP contribution is 2.35. The zero-order chi connectivity index (χ0) is 16.1. The third-order valence-corrected chi connectivity index (χ3v) is 5.46. The van der Waals surface area contributed by atoms with E-state index in [1.54, 1.807) is 12.1 Å². The van der Waals surface area contributed by atoms with Crippen molar-refractivity contribution >= 4 is 5.91 Å². The van der Waals surface area contributed by atoms with E-state index < -0.39 is 0 Å². The summed E-state index contributed by atoms with van der Waals surface area (Å²) in [4.78, 5) is 12.5. The van der Waals surface area contributed by atoms with Gasteiger partial charge in [-0.1, -0.05) is 31.4 Å². The molecule has 0 bridgehead atoms. The van der Waals surface area contributed by atoms with Gasteiger partial charge in [0.1, 0.15) is 5.82 Å². The van der Waals surface area contributed by atoms with Crippen LogP contribution in [0.4, 0.5) is 4.39 Å². The minimum absolute atomic E-state index is 0.160. The largest absolute Gasteiger partial charge is 0.381 e. The van der Waals surface area contributed by atoms with Gasteiger partial charge in [0.05, 0.1) is 0 Å². The lowest BCUT2D eigenvalue weighted by molar-refractivity contribution is -0.126. The summed E-state index contributed by atoms with van der Waals surface area (Å²) in [5.41, 5.74) is 0.773. The maximum Gasteiger partial charge on any atom is 0.223 e. The zero-order valence-corrected chi connectivity index (χ0v) is 13.7. The fourth-order valence-corrected chi connectivity index (χ4v) is 3.91. The average Bonchev–Trinajstić information content (AvgIpc) is 2.61. The zero-order valence-electron chi connectivity index (χ0n) is 13.7. The fraction of sp³-hybridized carbons (Fsp3) is 0.632. The predicted molar refractivity (Wildman–Crippen MR) is 87.7 cm³/mol. The molecule has 126 valence electrons. The van der Waals surface area contributed by atoms with Crippen molar-refractivity contribution < 1.29 is 13.9 Å². The van der Waals surface area contributed by atoms with E-state index in [4.69, 9.17) is 4.74 Å². The molecule has 0 atom stereocenters. The summed E-state index contributed by atoms with van der Waals surface area (Å²) < 4.78 is 19.2. The summed E-state index contributed by atoms with van der Waals surface area (Å²) in [5.74, 6) is 0.118. The monoisotopic (exact) mass is 319 g/mol. The van der Waals surface area contributed by atoms with Crippen molar-refractivity contribution in [2.24, 2.45) is 5.92 Å². The van der Waals surface area contributed by atoms with E-state index in [0.717, 1.165) is 44.1 Å². The van der Waals surface area contributed by atoms with E-state index in [1.807, 2.05) is 6.07 Å². The highest BCUT2D eigenvalue weighted by atomic mass is 19.1. The van der Waals surface area contributed by atoms with Crippen LogP contribution in [0.2, 0.25) is 0 Å². The summed E-state index contributed by atoms with van der Waals surface area (Å²) in [7, 11) is 0. The molecule has 0 aromatic heterocycles. The van der Waals surface area contributed by atoms with Crippen LogP contribution in [-0.4, -0.2) is 25.7 Å². The Labute approximate surface area is 137 Å². The summed E-state index contributed by atoms with van der Waals surface area (Å²) >= 11 is 0. The number of hydrogen-bond donors (Lipinski definition) is 1. The van der Waals surface area contributed by atoms with Crippen LogP contribution in [0.1, 0.15) is 50.5 Å². The van der Waals surface area contributed by atoms with Crippen LogP contribution >= 0.6 is 0 Å². The number of hydrogen-bond acceptors (Lipinski definition) is 2. The second kappa shape index (κ2) is 7.43. The Hall–Kier alpha value is -1.42. The van der Waals surface area contributed by atoms with Crippen molar-refractivity contribution in [3.05, 3.63) is 35.6 Å². The lowest BCUT2D eigenvalue weighted by atomic mass is 9.74. The lowest BCUT2D eigenvalue weighted by Crippen LogP contribution is -2.46. The molecular weight excluding hydrogens is 293 g/mol. The first kappa shape index (κ1) is 16.4. The van der Waals surface area contributed by atoms with Gasteiger partial charge in [-0.2, -0.15) is 0 Å². The van der Waals surface area contributed by atoms with Crippen molar-refractivity contribution in [3.8, 4) is 0 Å². The van der Waals surface area contributed by atoms with Crippen LogP contribution < -0.4 is 5.32 Å². The van der Waals surface area contributed by atoms with Crippen molar-refractivity contribution in [3.63, 3.8) is 0 Å². The first-order valence-corrected chi connectivity index (χ1v) is 8.81. The SMILES string of the molecule is O=C(NCC1(c2cccc(F)c2)CCOCC1)C1CCCCC1. The summed E-state index contributed by atoms with van der Waals surface area (Å²) in [6.07, 6.45) is 7.20. The second-order valence-electron chi connectivity index (χ2n) is 6.96. The Morgan fingerprint density at radius 1 is 1.22 bits per heavy atom. The first-order valence-electron chi connectivity index (χ1n) is 8.81. The Balaban J connectivity index is 1.70. The Bertz CT molecular complexity index is 534. The third kappa shape index (κ3) is 3.92. The molecule has 4 heteroatoms. The molecule has 3 nitrogen and oxygen atoms in total. The molecule has 23 heavy (non-hydrogen) atoms. The van der Waals surface area contributed by atoms with E-state index in [0.29, 0.717) is 19.8 Å². The topological polar surface area (TPSA) is 38.3 Å². The van der Waals surface area contributed by atoms with Crippen molar-refractivity contribution in [1.82, 2.24) is 5.32 Å². The van der Waals surface area contributed by atoms with Crippen molar-refractivity contribution in [1.29, 1.82) is 0 Å². The maximum atomic E-state index is 13.7. The number of carbonyl (C=O) groups excluding carboxylic acids is 1. The summed E-state index contributed by atoms with van der Waals surface area (Å²) in [6.45, 7) is 1.90. The molecule has 1 amide bonds. The molecule has 1 aliphatic carbocycles. The highest BCUT2D eigenvalue weighted by Gasteiger charge is 2.35. The fourth-order valence-electron chi connectivity index (χ4n) is 3.91. The molecule has 0 spiro atoms. The molecule has 0 unspecified atom stereocenters. The van der Waals surface area contributed by atoms with Crippen molar-refractivity contribution in [2.45, 2.75) is 50.4 Å². The quantitative estimate of drug-likeness (QED) is 0.921. The van der Waals surface area contributed by atoms with Crippen molar-refractivity contribution in [2.75, 3.05) is 19.8 Å². The normalized spacial score (nSPS) is 21.8. The number of rotatable bonds is 4. The number of benzene rings is 1. The van der Waals surface area contributed by atoms with Crippen LogP contribution in [0, 0.1) is 11.7 Å². The number of amides is 1. The predicted octanol–water partition coefficient (Wildman–Crippen LogP) is 3.57. The van der Waals surface area contributed by atoms with Crippen LogP contribution in [0.3, 0.4) is 0 Å². The second-order valence-corrected chi connectivity index (χ2v) is 6.96. The van der Waals surface area contributed by atoms with Gasteiger partial charge in [-0.3, -0.25) is 4.79 Å². The number of nitrogens with one attached hydrogen (secondary N) is 1. The number of carbonyl (C=O) groups is 1. The summed E-state index contributed by atoms with van der Waals surface area (Å²) in [5, 5.41) is 3.16. The van der Waals surface area contributed by atoms with Crippen LogP contribution in [-0.2, 0) is 14.9 Å². The molecule has 0 radical (unpaired) electrons. The molecule has 3 rings (SSSR count). The molecule has 1 aliphatic heterocycles. The van der Waals surface area contributed by atoms with Gasteiger partial charge in [-0.25, -0.2) is 4.39 Å². The van der Waals surface area contributed by atoms with Gasteiger partial charge >= 0.3 is 0 Å². The minimum atomic E-state index is -0.216. The molecule has 1 saturated heterocycles. The van der Waals surface area contributed by atoms with Gasteiger partial charge in [0.15, 0.2) is 0 Å². The standard InChI is InChI=1S/C19H26FNO2/c20-17-8-4-7-16(13-17)19(9-11-23-12-10-19)14-21-18(22)15-5-2-1-3-6-15/h4,7-8,13,15H,1-3,5-6,9-12,14H2,(H,21,22). The van der Waals surface area contributed by atoms with E-state index in [1.165, 1.54) is 12.5 Å². The van der Waals surface area contributed by atoms with Gasteiger partial charge in [-0.15, -0.1) is 0 Å². The molecule has 2 aliphatic rings. The molecule has 1 saturated carbocycles. The number of halogens is 1. The Morgan fingerprint density at radius 2 is 1.96 bits per heavy atom. The van der Waals surface area contributed by atoms with Gasteiger partial charge in [0.25, 0.3) is 0 Å². The molecule has 1 aromatic carbocycles. The highest BCUT2D eigenvalue weighted by molar-refractivity contribution is 5.78. The first-order chi connectivity index (χ1) is 11.2. The molecule has 1 aromatic rings. The van der Waals surface area contributed by atoms with E-state index in [2.05, 4.69) is 5.32 Å². The summed E-state index contributed by atoms with van der Waals surface area (Å²) in [6, 6.07) is 6.81. The smallest absolute Gasteiger partial charge is 0.223 e. The van der Waals surface area contributed by atoms with Gasteiger partial charge in [0, 0.05) is 31.1 Å². The van der Waals surface area contributed by atoms with E-state index in [-0.39, 0.29) is 23.1 Å². The Kier molecular flexibility index (Phi) is 5.31. The molecule has 1 N–H and O–H groups in total. The molecule has 2 fully saturated rings.